The molecule has 2 amide bonds. The molecule has 0 saturated heterocycles. The average molecular weight is 407 g/mol. The molecule has 0 aliphatic rings. The fourth-order valence-corrected chi connectivity index (χ4v) is 2.69. The number of hydrogen-bond acceptors (Lipinski definition) is 5. The zero-order valence-corrected chi connectivity index (χ0v) is 18.5. The molecule has 0 unspecified atom stereocenters. The number of carbonyl (C=O) groups is 3. The maximum atomic E-state index is 12.8. The maximum absolute atomic E-state index is 12.8. The summed E-state index contributed by atoms with van der Waals surface area (Å²) in [5, 5.41) is 2.52. The number of alkyl carbamates (subject to hydrolysis) is 1. The van der Waals surface area contributed by atoms with Crippen LogP contribution in [0.25, 0.3) is 0 Å². The highest BCUT2D eigenvalue weighted by molar-refractivity contribution is 5.89. The average Bonchev–Trinajstić information content (AvgIpc) is 2.62. The highest BCUT2D eigenvalue weighted by Crippen LogP contribution is 2.15. The Balaban J connectivity index is 2.77. The summed E-state index contributed by atoms with van der Waals surface area (Å²) in [5.74, 6) is -0.685. The lowest BCUT2D eigenvalue weighted by molar-refractivity contribution is -0.156. The van der Waals surface area contributed by atoms with Gasteiger partial charge in [-0.05, 0) is 45.6 Å². The van der Waals surface area contributed by atoms with E-state index in [1.54, 1.807) is 34.7 Å². The molecule has 0 fully saturated rings. The second kappa shape index (κ2) is 10.8. The van der Waals surface area contributed by atoms with Gasteiger partial charge in [0.05, 0.1) is 0 Å². The molecule has 0 heterocycles. The van der Waals surface area contributed by atoms with Gasteiger partial charge in [-0.15, -0.1) is 0 Å². The number of benzene rings is 1. The molecule has 1 aromatic rings. The molecule has 0 saturated carbocycles. The maximum Gasteiger partial charge on any atom is 0.408 e. The molecule has 7 heteroatoms. The molecule has 0 aliphatic heterocycles. The van der Waals surface area contributed by atoms with E-state index in [1.807, 2.05) is 44.2 Å². The lowest BCUT2D eigenvalue weighted by atomic mass is 10.0. The van der Waals surface area contributed by atoms with E-state index < -0.39 is 35.7 Å². The van der Waals surface area contributed by atoms with Crippen LogP contribution in [0.3, 0.4) is 0 Å². The Morgan fingerprint density at radius 3 is 2.17 bits per heavy atom. The Hall–Kier alpha value is -2.57. The standard InChI is InChI=1S/C22H34N2O5/c1-15(2)13-18(20(26)28-14-17-11-9-8-10-12-17)24(7)19(25)16(3)23-21(27)29-22(4,5)6/h8-12,15-16,18H,13-14H2,1-7H3,(H,23,27)/t16-,18+/m1/s1. The number of carbonyl (C=O) groups excluding carboxylic acids is 3. The summed E-state index contributed by atoms with van der Waals surface area (Å²) in [5.41, 5.74) is 0.207. The van der Waals surface area contributed by atoms with E-state index in [1.165, 1.54) is 4.90 Å². The largest absolute Gasteiger partial charge is 0.459 e. The summed E-state index contributed by atoms with van der Waals surface area (Å²) in [6.07, 6.45) is -0.228. The smallest absolute Gasteiger partial charge is 0.408 e. The van der Waals surface area contributed by atoms with Crippen LogP contribution in [0, 0.1) is 5.92 Å². The van der Waals surface area contributed by atoms with Crippen molar-refractivity contribution in [2.45, 2.75) is 72.3 Å². The van der Waals surface area contributed by atoms with E-state index >= 15 is 0 Å². The van der Waals surface area contributed by atoms with Crippen molar-refractivity contribution >= 4 is 18.0 Å². The van der Waals surface area contributed by atoms with Crippen LogP contribution >= 0.6 is 0 Å². The molecule has 1 aromatic carbocycles. The van der Waals surface area contributed by atoms with Gasteiger partial charge in [0.2, 0.25) is 5.91 Å². The number of nitrogens with zero attached hydrogens (tertiary/aromatic N) is 1. The lowest BCUT2D eigenvalue weighted by Gasteiger charge is -2.30. The molecule has 0 radical (unpaired) electrons. The molecule has 2 atom stereocenters. The predicted octanol–water partition coefficient (Wildman–Crippen LogP) is 3.52. The van der Waals surface area contributed by atoms with E-state index in [9.17, 15) is 14.4 Å². The fourth-order valence-electron chi connectivity index (χ4n) is 2.69. The van der Waals surface area contributed by atoms with Crippen LogP contribution in [0.5, 0.6) is 0 Å². The minimum absolute atomic E-state index is 0.141. The van der Waals surface area contributed by atoms with Crippen LogP contribution in [0.1, 0.15) is 53.5 Å². The predicted molar refractivity (Wildman–Crippen MR) is 111 cm³/mol. The summed E-state index contributed by atoms with van der Waals surface area (Å²) in [4.78, 5) is 38.8. The van der Waals surface area contributed by atoms with Crippen LogP contribution in [-0.2, 0) is 25.7 Å². The highest BCUT2D eigenvalue weighted by Gasteiger charge is 2.32. The van der Waals surface area contributed by atoms with Crippen LogP contribution in [0.2, 0.25) is 0 Å². The number of nitrogens with one attached hydrogen (secondary N) is 1. The van der Waals surface area contributed by atoms with Gasteiger partial charge < -0.3 is 19.7 Å². The summed E-state index contributed by atoms with van der Waals surface area (Å²) >= 11 is 0. The topological polar surface area (TPSA) is 84.9 Å². The van der Waals surface area contributed by atoms with Gasteiger partial charge in [0.15, 0.2) is 0 Å². The second-order valence-electron chi connectivity index (χ2n) is 8.56. The third kappa shape index (κ3) is 8.98. The number of rotatable bonds is 8. The van der Waals surface area contributed by atoms with Crippen molar-refractivity contribution in [3.8, 4) is 0 Å². The van der Waals surface area contributed by atoms with E-state index in [2.05, 4.69) is 5.32 Å². The molecule has 0 spiro atoms. The summed E-state index contributed by atoms with van der Waals surface area (Å²) in [6.45, 7) is 10.9. The van der Waals surface area contributed by atoms with Gasteiger partial charge in [0.1, 0.15) is 24.3 Å². The number of likely N-dealkylation sites (N-methyl/N-ethyl adjacent to an activating group) is 1. The normalized spacial score (nSPS) is 13.4. The Morgan fingerprint density at radius 1 is 1.07 bits per heavy atom. The number of ether oxygens (including phenoxy) is 2. The summed E-state index contributed by atoms with van der Waals surface area (Å²) < 4.78 is 10.6. The summed E-state index contributed by atoms with van der Waals surface area (Å²) in [7, 11) is 1.55. The summed E-state index contributed by atoms with van der Waals surface area (Å²) in [6, 6.07) is 7.78. The number of hydrogen-bond donors (Lipinski definition) is 1. The van der Waals surface area contributed by atoms with Crippen molar-refractivity contribution < 1.29 is 23.9 Å². The van der Waals surface area contributed by atoms with Crippen LogP contribution in [-0.4, -0.2) is 47.6 Å². The first-order valence-electron chi connectivity index (χ1n) is 9.87. The quantitative estimate of drug-likeness (QED) is 0.668. The Bertz CT molecular complexity index is 682. The Labute approximate surface area is 173 Å². The van der Waals surface area contributed by atoms with Crippen LogP contribution in [0.4, 0.5) is 4.79 Å². The van der Waals surface area contributed by atoms with Crippen LogP contribution in [0.15, 0.2) is 30.3 Å². The van der Waals surface area contributed by atoms with Crippen molar-refractivity contribution in [2.75, 3.05) is 7.05 Å². The fraction of sp³-hybridized carbons (Fsp3) is 0.591. The molecular formula is C22H34N2O5. The van der Waals surface area contributed by atoms with Crippen molar-refractivity contribution in [1.82, 2.24) is 10.2 Å². The van der Waals surface area contributed by atoms with E-state index in [4.69, 9.17) is 9.47 Å². The molecule has 0 aromatic heterocycles. The zero-order chi connectivity index (χ0) is 22.2. The van der Waals surface area contributed by atoms with Gasteiger partial charge >= 0.3 is 12.1 Å². The third-order valence-corrected chi connectivity index (χ3v) is 4.11. The number of amides is 2. The lowest BCUT2D eigenvalue weighted by Crippen LogP contribution is -2.52. The van der Waals surface area contributed by atoms with E-state index in [0.717, 1.165) is 5.56 Å². The molecular weight excluding hydrogens is 372 g/mol. The minimum Gasteiger partial charge on any atom is -0.459 e. The van der Waals surface area contributed by atoms with Crippen molar-refractivity contribution in [2.24, 2.45) is 5.92 Å². The molecule has 162 valence electrons. The SMILES string of the molecule is CC(C)C[C@@H](C(=O)OCc1ccccc1)N(C)C(=O)[C@@H](C)NC(=O)OC(C)(C)C. The van der Waals surface area contributed by atoms with Crippen molar-refractivity contribution in [3.63, 3.8) is 0 Å². The van der Waals surface area contributed by atoms with Gasteiger partial charge in [-0.3, -0.25) is 4.79 Å². The van der Waals surface area contributed by atoms with Gasteiger partial charge in [0, 0.05) is 7.05 Å². The first kappa shape index (κ1) is 24.5. The van der Waals surface area contributed by atoms with Gasteiger partial charge in [0.25, 0.3) is 0 Å². The van der Waals surface area contributed by atoms with Gasteiger partial charge in [-0.1, -0.05) is 44.2 Å². The molecule has 1 rings (SSSR count). The Kier molecular flexibility index (Phi) is 9.14. The minimum atomic E-state index is -0.841. The Morgan fingerprint density at radius 2 is 1.66 bits per heavy atom. The highest BCUT2D eigenvalue weighted by atomic mass is 16.6. The molecule has 0 aliphatic carbocycles. The first-order chi connectivity index (χ1) is 13.4. The number of esters is 1. The molecule has 7 nitrogen and oxygen atoms in total. The third-order valence-electron chi connectivity index (χ3n) is 4.11. The van der Waals surface area contributed by atoms with E-state index in [-0.39, 0.29) is 12.5 Å². The van der Waals surface area contributed by atoms with Gasteiger partial charge in [-0.2, -0.15) is 0 Å². The van der Waals surface area contributed by atoms with Gasteiger partial charge in [-0.25, -0.2) is 9.59 Å². The first-order valence-corrected chi connectivity index (χ1v) is 9.87. The zero-order valence-electron chi connectivity index (χ0n) is 18.5. The van der Waals surface area contributed by atoms with Crippen molar-refractivity contribution in [3.05, 3.63) is 35.9 Å². The molecule has 29 heavy (non-hydrogen) atoms. The molecule has 0 bridgehead atoms. The van der Waals surface area contributed by atoms with E-state index in [0.29, 0.717) is 6.42 Å². The monoisotopic (exact) mass is 406 g/mol. The molecule has 1 N–H and O–H groups in total. The van der Waals surface area contributed by atoms with Crippen molar-refractivity contribution in [1.29, 1.82) is 0 Å². The van der Waals surface area contributed by atoms with Crippen LogP contribution < -0.4 is 5.32 Å². The second-order valence-corrected chi connectivity index (χ2v) is 8.56.